The third-order valence-corrected chi connectivity index (χ3v) is 2.36. The van der Waals surface area contributed by atoms with E-state index in [1.165, 1.54) is 25.5 Å². The number of hydrogen-bond acceptors (Lipinski definition) is 2. The number of carbonyl (C=O) groups excluding carboxylic acids is 1. The molecule has 14 heavy (non-hydrogen) atoms. The Morgan fingerprint density at radius 2 is 2.29 bits per heavy atom. The van der Waals surface area contributed by atoms with Crippen LogP contribution in [0.4, 0.5) is 0 Å². The molecule has 0 aliphatic heterocycles. The van der Waals surface area contributed by atoms with Gasteiger partial charge in [-0.3, -0.25) is 4.79 Å². The first-order chi connectivity index (χ1) is 6.63. The van der Waals surface area contributed by atoms with E-state index in [0.717, 1.165) is 18.4 Å². The molecule has 0 heterocycles. The second-order valence-electron chi connectivity index (χ2n) is 3.98. The Bertz CT molecular complexity index is 257. The molecule has 0 saturated heterocycles. The third kappa shape index (κ3) is 3.77. The van der Waals surface area contributed by atoms with Crippen LogP contribution in [0.3, 0.4) is 0 Å². The Hall–Kier alpha value is -1.05. The van der Waals surface area contributed by atoms with Gasteiger partial charge < -0.3 is 4.74 Å². The summed E-state index contributed by atoms with van der Waals surface area (Å²) in [5.74, 6) is -0.156. The molecule has 1 aliphatic rings. The van der Waals surface area contributed by atoms with Crippen LogP contribution in [0.25, 0.3) is 0 Å². The molecule has 1 fully saturated rings. The lowest BCUT2D eigenvalue weighted by Gasteiger charge is -2.11. The molecule has 1 unspecified atom stereocenters. The van der Waals surface area contributed by atoms with Crippen molar-refractivity contribution in [3.63, 3.8) is 0 Å². The molecule has 0 spiro atoms. The van der Waals surface area contributed by atoms with Crippen molar-refractivity contribution in [1.82, 2.24) is 0 Å². The van der Waals surface area contributed by atoms with Crippen molar-refractivity contribution >= 4 is 5.97 Å². The third-order valence-electron chi connectivity index (χ3n) is 2.36. The summed E-state index contributed by atoms with van der Waals surface area (Å²) in [6.07, 6.45) is 6.12. The summed E-state index contributed by atoms with van der Waals surface area (Å²) in [4.78, 5) is 11.4. The van der Waals surface area contributed by atoms with Gasteiger partial charge in [0.1, 0.15) is 0 Å². The van der Waals surface area contributed by atoms with E-state index >= 15 is 0 Å². The number of rotatable bonds is 5. The van der Waals surface area contributed by atoms with Crippen LogP contribution in [0.2, 0.25) is 0 Å². The molecule has 0 aromatic rings. The van der Waals surface area contributed by atoms with Gasteiger partial charge in [-0.25, -0.2) is 0 Å². The Labute approximate surface area is 85.6 Å². The summed E-state index contributed by atoms with van der Waals surface area (Å²) in [6.45, 7) is 5.77. The second-order valence-corrected chi connectivity index (χ2v) is 3.98. The van der Waals surface area contributed by atoms with Crippen molar-refractivity contribution in [2.45, 2.75) is 32.6 Å². The first kappa shape index (κ1) is 11.0. The molecule has 0 amide bonds. The number of carbonyl (C=O) groups is 1. The van der Waals surface area contributed by atoms with Gasteiger partial charge in [-0.15, -0.1) is 6.58 Å². The largest absolute Gasteiger partial charge is 0.469 e. The fourth-order valence-electron chi connectivity index (χ4n) is 1.44. The van der Waals surface area contributed by atoms with Gasteiger partial charge in [0.15, 0.2) is 0 Å². The Morgan fingerprint density at radius 1 is 1.64 bits per heavy atom. The molecular weight excluding hydrogens is 176 g/mol. The van der Waals surface area contributed by atoms with E-state index in [0.29, 0.717) is 0 Å². The standard InChI is InChI=1S/C12H18O2/c1-9(2)8-11(12(13)14-3)7-6-10-4-5-10/h6,11H,1,4-5,7-8H2,2-3H3. The van der Waals surface area contributed by atoms with Crippen LogP contribution in [0.1, 0.15) is 32.6 Å². The van der Waals surface area contributed by atoms with Crippen molar-refractivity contribution in [3.05, 3.63) is 23.8 Å². The quantitative estimate of drug-likeness (QED) is 0.497. The van der Waals surface area contributed by atoms with Crippen molar-refractivity contribution in [3.8, 4) is 0 Å². The minimum Gasteiger partial charge on any atom is -0.469 e. The summed E-state index contributed by atoms with van der Waals surface area (Å²) >= 11 is 0. The molecule has 1 atom stereocenters. The number of ether oxygens (including phenoxy) is 1. The summed E-state index contributed by atoms with van der Waals surface area (Å²) in [5, 5.41) is 0. The molecule has 2 heteroatoms. The molecule has 0 aromatic carbocycles. The lowest BCUT2D eigenvalue weighted by molar-refractivity contribution is -0.145. The molecule has 0 radical (unpaired) electrons. The topological polar surface area (TPSA) is 26.3 Å². The number of methoxy groups -OCH3 is 1. The predicted octanol–water partition coefficient (Wildman–Crippen LogP) is 2.85. The van der Waals surface area contributed by atoms with Gasteiger partial charge >= 0.3 is 5.97 Å². The van der Waals surface area contributed by atoms with Crippen LogP contribution in [-0.4, -0.2) is 13.1 Å². The van der Waals surface area contributed by atoms with E-state index in [9.17, 15) is 4.79 Å². The number of hydrogen-bond donors (Lipinski definition) is 0. The predicted molar refractivity (Wildman–Crippen MR) is 56.9 cm³/mol. The van der Waals surface area contributed by atoms with Crippen LogP contribution in [0.15, 0.2) is 23.8 Å². The maximum atomic E-state index is 11.4. The lowest BCUT2D eigenvalue weighted by Crippen LogP contribution is -2.15. The Morgan fingerprint density at radius 3 is 2.71 bits per heavy atom. The summed E-state index contributed by atoms with van der Waals surface area (Å²) in [6, 6.07) is 0. The maximum absolute atomic E-state index is 11.4. The molecule has 1 rings (SSSR count). The highest BCUT2D eigenvalue weighted by atomic mass is 16.5. The monoisotopic (exact) mass is 194 g/mol. The van der Waals surface area contributed by atoms with E-state index in [4.69, 9.17) is 4.74 Å². The molecule has 1 saturated carbocycles. The fraction of sp³-hybridized carbons (Fsp3) is 0.583. The molecule has 0 aromatic heterocycles. The summed E-state index contributed by atoms with van der Waals surface area (Å²) in [5.41, 5.74) is 2.51. The van der Waals surface area contributed by atoms with E-state index in [-0.39, 0.29) is 11.9 Å². The molecular formula is C12H18O2. The van der Waals surface area contributed by atoms with Crippen LogP contribution >= 0.6 is 0 Å². The van der Waals surface area contributed by atoms with Crippen molar-refractivity contribution in [2.75, 3.05) is 7.11 Å². The van der Waals surface area contributed by atoms with E-state index in [1.54, 1.807) is 0 Å². The second kappa shape index (κ2) is 4.99. The number of esters is 1. The Balaban J connectivity index is 2.46. The normalized spacial score (nSPS) is 16.0. The van der Waals surface area contributed by atoms with Gasteiger partial charge in [-0.2, -0.15) is 0 Å². The van der Waals surface area contributed by atoms with Crippen molar-refractivity contribution < 1.29 is 9.53 Å². The van der Waals surface area contributed by atoms with Gasteiger partial charge in [0, 0.05) is 0 Å². The first-order valence-electron chi connectivity index (χ1n) is 5.03. The SMILES string of the molecule is C=C(C)CC(CC=C1CC1)C(=O)OC. The highest BCUT2D eigenvalue weighted by molar-refractivity contribution is 5.72. The highest BCUT2D eigenvalue weighted by Crippen LogP contribution is 2.29. The highest BCUT2D eigenvalue weighted by Gasteiger charge is 2.19. The van der Waals surface area contributed by atoms with Gasteiger partial charge in [0.05, 0.1) is 13.0 Å². The summed E-state index contributed by atoms with van der Waals surface area (Å²) in [7, 11) is 1.44. The van der Waals surface area contributed by atoms with E-state index in [1.807, 2.05) is 6.92 Å². The van der Waals surface area contributed by atoms with E-state index < -0.39 is 0 Å². The van der Waals surface area contributed by atoms with Gasteiger partial charge in [0.25, 0.3) is 0 Å². The van der Waals surface area contributed by atoms with Crippen molar-refractivity contribution in [1.29, 1.82) is 0 Å². The molecule has 78 valence electrons. The average molecular weight is 194 g/mol. The zero-order chi connectivity index (χ0) is 10.6. The molecule has 0 bridgehead atoms. The zero-order valence-electron chi connectivity index (χ0n) is 9.01. The van der Waals surface area contributed by atoms with Gasteiger partial charge in [-0.05, 0) is 32.6 Å². The summed E-state index contributed by atoms with van der Waals surface area (Å²) < 4.78 is 4.76. The maximum Gasteiger partial charge on any atom is 0.309 e. The molecule has 2 nitrogen and oxygen atoms in total. The lowest BCUT2D eigenvalue weighted by atomic mass is 9.97. The minimum absolute atomic E-state index is 0.0365. The van der Waals surface area contributed by atoms with Gasteiger partial charge in [0.2, 0.25) is 0 Å². The van der Waals surface area contributed by atoms with Crippen LogP contribution in [0.5, 0.6) is 0 Å². The fourth-order valence-corrected chi connectivity index (χ4v) is 1.44. The van der Waals surface area contributed by atoms with Crippen LogP contribution < -0.4 is 0 Å². The number of allylic oxidation sites excluding steroid dienone is 3. The van der Waals surface area contributed by atoms with Crippen LogP contribution in [-0.2, 0) is 9.53 Å². The smallest absolute Gasteiger partial charge is 0.309 e. The zero-order valence-corrected chi connectivity index (χ0v) is 9.01. The van der Waals surface area contributed by atoms with E-state index in [2.05, 4.69) is 12.7 Å². The minimum atomic E-state index is -0.120. The molecule has 1 aliphatic carbocycles. The van der Waals surface area contributed by atoms with Gasteiger partial charge in [-0.1, -0.05) is 17.2 Å². The molecule has 0 N–H and O–H groups in total. The first-order valence-corrected chi connectivity index (χ1v) is 5.03. The van der Waals surface area contributed by atoms with Crippen molar-refractivity contribution in [2.24, 2.45) is 5.92 Å². The van der Waals surface area contributed by atoms with Crippen LogP contribution in [0, 0.1) is 5.92 Å². The average Bonchev–Trinajstić information content (AvgIpc) is 2.93. The Kier molecular flexibility index (Phi) is 3.93.